The number of hydrogen-bond donors (Lipinski definition) is 3. The fraction of sp³-hybridized carbons (Fsp3) is 0.700. The second-order valence-corrected chi connectivity index (χ2v) is 8.94. The van der Waals surface area contributed by atoms with E-state index in [2.05, 4.69) is 16.8 Å². The average Bonchev–Trinajstić information content (AvgIpc) is 3.10. The molecular weight excluding hydrogens is 422 g/mol. The molecule has 2 rings (SSSR count). The molecule has 1 fully saturated rings. The van der Waals surface area contributed by atoms with Gasteiger partial charge >= 0.3 is 14.0 Å². The van der Waals surface area contributed by atoms with Crippen LogP contribution in [0.25, 0.3) is 0 Å². The predicted octanol–water partition coefficient (Wildman–Crippen LogP) is 4.83. The number of aryl methyl sites for hydroxylation is 1. The van der Waals surface area contributed by atoms with Crippen molar-refractivity contribution in [2.75, 3.05) is 13.2 Å². The molecule has 1 aromatic rings. The van der Waals surface area contributed by atoms with Gasteiger partial charge in [-0.2, -0.15) is 13.2 Å². The summed E-state index contributed by atoms with van der Waals surface area (Å²) in [4.78, 5) is 17.5. The lowest BCUT2D eigenvalue weighted by Gasteiger charge is -2.18. The van der Waals surface area contributed by atoms with Crippen LogP contribution in [0, 0.1) is 0 Å². The molecule has 30 heavy (non-hydrogen) atoms. The zero-order valence-corrected chi connectivity index (χ0v) is 18.1. The fourth-order valence-corrected chi connectivity index (χ4v) is 3.96. The molecule has 1 heterocycles. The van der Waals surface area contributed by atoms with Gasteiger partial charge in [0.15, 0.2) is 0 Å². The molecule has 0 saturated carbocycles. The fourth-order valence-electron chi connectivity index (χ4n) is 3.58. The van der Waals surface area contributed by atoms with Crippen molar-refractivity contribution in [3.63, 3.8) is 0 Å². The highest BCUT2D eigenvalue weighted by Gasteiger charge is 2.34. The summed E-state index contributed by atoms with van der Waals surface area (Å²) in [6.07, 6.45) is 1.99. The Morgan fingerprint density at radius 2 is 1.87 bits per heavy atom. The molecular formula is C20H31F3NO5P. The number of alkyl halides is 3. The van der Waals surface area contributed by atoms with Gasteiger partial charge in [0, 0.05) is 19.0 Å². The number of nitrogens with one attached hydrogen (secondary N) is 1. The topological polar surface area (TPSA) is 88.0 Å². The van der Waals surface area contributed by atoms with Crippen LogP contribution in [0.2, 0.25) is 0 Å². The lowest BCUT2D eigenvalue weighted by molar-refractivity contribution is -0.138. The third kappa shape index (κ3) is 8.94. The van der Waals surface area contributed by atoms with Crippen LogP contribution in [-0.2, 0) is 21.7 Å². The molecule has 172 valence electrons. The number of benzene rings is 1. The molecule has 3 N–H and O–H groups in total. The molecule has 0 amide bonds. The van der Waals surface area contributed by atoms with E-state index >= 15 is 0 Å². The van der Waals surface area contributed by atoms with E-state index in [9.17, 15) is 17.7 Å². The van der Waals surface area contributed by atoms with Gasteiger partial charge in [0.05, 0.1) is 12.2 Å². The van der Waals surface area contributed by atoms with Crippen molar-refractivity contribution in [2.45, 2.75) is 76.6 Å². The summed E-state index contributed by atoms with van der Waals surface area (Å²) in [6, 6.07) is 3.75. The Labute approximate surface area is 175 Å². The summed E-state index contributed by atoms with van der Waals surface area (Å²) in [7, 11) is -4.56. The number of phosphoric acid groups is 1. The van der Waals surface area contributed by atoms with E-state index in [1.54, 1.807) is 6.07 Å². The van der Waals surface area contributed by atoms with Crippen LogP contribution in [0.1, 0.15) is 63.0 Å². The molecule has 6 nitrogen and oxygen atoms in total. The Kier molecular flexibility index (Phi) is 9.63. The quantitative estimate of drug-likeness (QED) is 0.311. The first-order valence-corrected chi connectivity index (χ1v) is 11.9. The van der Waals surface area contributed by atoms with Crippen LogP contribution >= 0.6 is 7.82 Å². The van der Waals surface area contributed by atoms with E-state index < -0.39 is 25.7 Å². The number of phosphoric ester groups is 1. The first kappa shape index (κ1) is 25.1. The molecule has 1 saturated heterocycles. The van der Waals surface area contributed by atoms with Gasteiger partial charge in [0.2, 0.25) is 0 Å². The van der Waals surface area contributed by atoms with Gasteiger partial charge in [-0.3, -0.25) is 4.52 Å². The minimum absolute atomic E-state index is 0.136. The maximum absolute atomic E-state index is 13.5. The van der Waals surface area contributed by atoms with Crippen molar-refractivity contribution in [2.24, 2.45) is 0 Å². The van der Waals surface area contributed by atoms with E-state index in [0.29, 0.717) is 19.4 Å². The molecule has 1 unspecified atom stereocenters. The molecule has 10 heteroatoms. The van der Waals surface area contributed by atoms with Crippen LogP contribution < -0.4 is 10.1 Å². The normalized spacial score (nSPS) is 19.9. The van der Waals surface area contributed by atoms with Gasteiger partial charge in [0.1, 0.15) is 11.9 Å². The zero-order chi connectivity index (χ0) is 22.2. The number of hydrogen-bond acceptors (Lipinski definition) is 4. The third-order valence-corrected chi connectivity index (χ3v) is 5.60. The number of unbranched alkanes of at least 4 members (excludes halogenated alkanes) is 5. The lowest BCUT2D eigenvalue weighted by atomic mass is 9.99. The largest absolute Gasteiger partial charge is 0.489 e. The highest BCUT2D eigenvalue weighted by atomic mass is 31.2. The molecule has 0 spiro atoms. The van der Waals surface area contributed by atoms with Crippen LogP contribution in [0.15, 0.2) is 18.2 Å². The maximum Gasteiger partial charge on any atom is 0.469 e. The third-order valence-electron chi connectivity index (χ3n) is 5.11. The summed E-state index contributed by atoms with van der Waals surface area (Å²) in [5.41, 5.74) is -0.385. The molecule has 1 aliphatic rings. The Morgan fingerprint density at radius 3 is 2.53 bits per heavy atom. The van der Waals surface area contributed by atoms with E-state index in [-0.39, 0.29) is 24.0 Å². The van der Waals surface area contributed by atoms with E-state index in [0.717, 1.165) is 44.6 Å². The van der Waals surface area contributed by atoms with Crippen LogP contribution in [0.3, 0.4) is 0 Å². The first-order chi connectivity index (χ1) is 14.1. The van der Waals surface area contributed by atoms with E-state index in [1.807, 2.05) is 0 Å². The maximum atomic E-state index is 13.5. The minimum atomic E-state index is -4.56. The summed E-state index contributed by atoms with van der Waals surface area (Å²) in [5.74, 6) is 0.136. The molecule has 0 radical (unpaired) electrons. The molecule has 2 atom stereocenters. The summed E-state index contributed by atoms with van der Waals surface area (Å²) in [5, 5.41) is 2.99. The first-order valence-electron chi connectivity index (χ1n) is 10.4. The molecule has 1 aliphatic heterocycles. The van der Waals surface area contributed by atoms with Gasteiger partial charge in [-0.15, -0.1) is 0 Å². The van der Waals surface area contributed by atoms with Crippen molar-refractivity contribution in [3.05, 3.63) is 29.3 Å². The Hall–Kier alpha value is -1.12. The number of halogens is 3. The summed E-state index contributed by atoms with van der Waals surface area (Å²) < 4.78 is 61.5. The van der Waals surface area contributed by atoms with Gasteiger partial charge in [0.25, 0.3) is 0 Å². The van der Waals surface area contributed by atoms with Crippen molar-refractivity contribution < 1.29 is 36.8 Å². The average molecular weight is 453 g/mol. The highest BCUT2D eigenvalue weighted by Crippen LogP contribution is 2.37. The zero-order valence-electron chi connectivity index (χ0n) is 17.2. The van der Waals surface area contributed by atoms with Crippen LogP contribution in [0.4, 0.5) is 13.2 Å². The van der Waals surface area contributed by atoms with Crippen molar-refractivity contribution in [3.8, 4) is 5.75 Å². The summed E-state index contributed by atoms with van der Waals surface area (Å²) >= 11 is 0. The van der Waals surface area contributed by atoms with E-state index in [1.165, 1.54) is 6.07 Å². The second kappa shape index (κ2) is 11.5. The SMILES string of the molecule is CCCCCCCCc1ccc(OC2CN[C@H](COP(=O)(O)O)C2)cc1C(F)(F)F. The van der Waals surface area contributed by atoms with Gasteiger partial charge in [-0.25, -0.2) is 4.57 Å². The van der Waals surface area contributed by atoms with Gasteiger partial charge < -0.3 is 19.8 Å². The summed E-state index contributed by atoms with van der Waals surface area (Å²) in [6.45, 7) is 2.28. The standard InChI is InChI=1S/C20H31F3NO5P/c1-2-3-4-5-6-7-8-15-9-10-17(12-19(15)20(21,22)23)29-18-11-16(24-13-18)14-28-30(25,26)27/h9-10,12,16,18,24H,2-8,11,13-14H2,1H3,(H2,25,26,27)/t16-,18?/m0/s1. The highest BCUT2D eigenvalue weighted by molar-refractivity contribution is 7.46. The Morgan fingerprint density at radius 1 is 1.17 bits per heavy atom. The predicted molar refractivity (Wildman–Crippen MR) is 107 cm³/mol. The van der Waals surface area contributed by atoms with Crippen LogP contribution in [-0.4, -0.2) is 35.1 Å². The molecule has 0 bridgehead atoms. The smallest absolute Gasteiger partial charge is 0.469 e. The van der Waals surface area contributed by atoms with E-state index in [4.69, 9.17) is 14.5 Å². The van der Waals surface area contributed by atoms with Crippen molar-refractivity contribution >= 4 is 7.82 Å². The monoisotopic (exact) mass is 453 g/mol. The van der Waals surface area contributed by atoms with Gasteiger partial charge in [-0.05, 0) is 30.5 Å². The molecule has 1 aromatic carbocycles. The molecule has 0 aliphatic carbocycles. The van der Waals surface area contributed by atoms with Crippen molar-refractivity contribution in [1.29, 1.82) is 0 Å². The Bertz CT molecular complexity index is 710. The number of ether oxygens (including phenoxy) is 1. The molecule has 0 aromatic heterocycles. The number of rotatable bonds is 12. The van der Waals surface area contributed by atoms with Crippen molar-refractivity contribution in [1.82, 2.24) is 5.32 Å². The van der Waals surface area contributed by atoms with Crippen LogP contribution in [0.5, 0.6) is 5.75 Å². The minimum Gasteiger partial charge on any atom is -0.489 e. The van der Waals surface area contributed by atoms with Gasteiger partial charge in [-0.1, -0.05) is 45.1 Å². The second-order valence-electron chi connectivity index (χ2n) is 7.70. The lowest BCUT2D eigenvalue weighted by Crippen LogP contribution is -2.26. The Balaban J connectivity index is 1.92.